The van der Waals surface area contributed by atoms with Crippen molar-refractivity contribution in [2.45, 2.75) is 50.1 Å². The van der Waals surface area contributed by atoms with E-state index in [0.29, 0.717) is 11.5 Å². The van der Waals surface area contributed by atoms with Crippen LogP contribution in [0.1, 0.15) is 65.6 Å². The molecule has 1 saturated carbocycles. The van der Waals surface area contributed by atoms with Crippen LogP contribution >= 0.6 is 12.2 Å². The number of aromatic nitrogens is 3. The van der Waals surface area contributed by atoms with E-state index in [4.69, 9.17) is 12.2 Å². The van der Waals surface area contributed by atoms with Gasteiger partial charge in [0, 0.05) is 29.6 Å². The maximum absolute atomic E-state index is 13.1. The van der Waals surface area contributed by atoms with Crippen LogP contribution in [0, 0.1) is 4.77 Å². The fourth-order valence-corrected chi connectivity index (χ4v) is 4.63. The molecule has 4 nitrogen and oxygen atoms in total. The molecule has 0 radical (unpaired) electrons. The summed E-state index contributed by atoms with van der Waals surface area (Å²) in [6.45, 7) is 0. The van der Waals surface area contributed by atoms with Crippen LogP contribution in [0.2, 0.25) is 0 Å². The highest BCUT2D eigenvalue weighted by Gasteiger charge is 2.31. The quantitative estimate of drug-likeness (QED) is 0.493. The largest absolute Gasteiger partial charge is 0.416 e. The van der Waals surface area contributed by atoms with Crippen molar-refractivity contribution < 1.29 is 13.2 Å². The van der Waals surface area contributed by atoms with E-state index in [9.17, 15) is 18.0 Å². The molecule has 0 amide bonds. The molecule has 2 heterocycles. The van der Waals surface area contributed by atoms with Crippen LogP contribution in [0.15, 0.2) is 53.5 Å². The molecule has 1 aliphatic carbocycles. The minimum atomic E-state index is -4.46. The molecule has 31 heavy (non-hydrogen) atoms. The zero-order chi connectivity index (χ0) is 22.0. The van der Waals surface area contributed by atoms with Crippen LogP contribution in [-0.2, 0) is 12.6 Å². The van der Waals surface area contributed by atoms with E-state index >= 15 is 0 Å². The van der Waals surface area contributed by atoms with Gasteiger partial charge < -0.3 is 4.98 Å². The van der Waals surface area contributed by atoms with E-state index in [1.54, 1.807) is 0 Å². The molecule has 0 unspecified atom stereocenters. The number of pyridine rings is 1. The number of halogens is 3. The van der Waals surface area contributed by atoms with Gasteiger partial charge in [0.05, 0.1) is 5.56 Å². The van der Waals surface area contributed by atoms with Gasteiger partial charge >= 0.3 is 6.18 Å². The van der Waals surface area contributed by atoms with Gasteiger partial charge in [0.15, 0.2) is 4.77 Å². The molecule has 162 valence electrons. The molecule has 2 aromatic heterocycles. The van der Waals surface area contributed by atoms with Crippen molar-refractivity contribution in [1.29, 1.82) is 0 Å². The first-order chi connectivity index (χ1) is 14.8. The van der Waals surface area contributed by atoms with Crippen molar-refractivity contribution in [1.82, 2.24) is 15.0 Å². The third-order valence-corrected chi connectivity index (χ3v) is 6.19. The van der Waals surface area contributed by atoms with Gasteiger partial charge in [-0.25, -0.2) is 0 Å². The number of aromatic amines is 2. The predicted molar refractivity (Wildman–Crippen MR) is 115 cm³/mol. The van der Waals surface area contributed by atoms with Crippen LogP contribution in [0.5, 0.6) is 0 Å². The summed E-state index contributed by atoms with van der Waals surface area (Å²) in [5, 5.41) is 0. The Bertz CT molecular complexity index is 1160. The molecular weight excluding hydrogens is 423 g/mol. The van der Waals surface area contributed by atoms with Crippen molar-refractivity contribution in [2.75, 3.05) is 0 Å². The zero-order valence-electron chi connectivity index (χ0n) is 16.7. The molecule has 1 aromatic carbocycles. The van der Waals surface area contributed by atoms with Crippen molar-refractivity contribution in [3.63, 3.8) is 0 Å². The Morgan fingerprint density at radius 1 is 1.00 bits per heavy atom. The average molecular weight is 446 g/mol. The van der Waals surface area contributed by atoms with Crippen molar-refractivity contribution in [3.8, 4) is 0 Å². The lowest BCUT2D eigenvalue weighted by molar-refractivity contribution is -0.137. The SMILES string of the molecule is O=c1[nH]c(=S)[nH]c(C2CCC(c3ccccc3)CC2)c1Cc1cc(C(F)(F)F)ccn1. The number of nitrogens with zero attached hydrogens (tertiary/aromatic N) is 1. The first-order valence-electron chi connectivity index (χ1n) is 10.2. The second-order valence-corrected chi connectivity index (χ2v) is 8.38. The Kier molecular flexibility index (Phi) is 6.09. The lowest BCUT2D eigenvalue weighted by Gasteiger charge is -2.29. The summed E-state index contributed by atoms with van der Waals surface area (Å²) < 4.78 is 39.4. The van der Waals surface area contributed by atoms with E-state index in [1.165, 1.54) is 5.56 Å². The third kappa shape index (κ3) is 4.95. The van der Waals surface area contributed by atoms with Crippen LogP contribution in [0.25, 0.3) is 0 Å². The molecular formula is C23H22F3N3OS. The van der Waals surface area contributed by atoms with Crippen molar-refractivity contribution in [3.05, 3.63) is 91.9 Å². The number of hydrogen-bond donors (Lipinski definition) is 2. The second-order valence-electron chi connectivity index (χ2n) is 7.97. The lowest BCUT2D eigenvalue weighted by atomic mass is 9.76. The summed E-state index contributed by atoms with van der Waals surface area (Å²) in [5.41, 5.74) is 1.49. The van der Waals surface area contributed by atoms with Crippen molar-refractivity contribution >= 4 is 12.2 Å². The standard InChI is InChI=1S/C23H22F3N3OS/c24-23(25,26)17-10-11-27-18(12-17)13-19-20(28-22(31)29-21(19)30)16-8-6-15(7-9-16)14-4-2-1-3-5-14/h1-5,10-12,15-16H,6-9,13H2,(H2,28,29,30,31). The zero-order valence-corrected chi connectivity index (χ0v) is 17.5. The summed E-state index contributed by atoms with van der Waals surface area (Å²) in [6, 6.07) is 12.3. The number of hydrogen-bond acceptors (Lipinski definition) is 3. The first-order valence-corrected chi connectivity index (χ1v) is 10.6. The van der Waals surface area contributed by atoms with E-state index in [2.05, 4.69) is 27.1 Å². The molecule has 0 bridgehead atoms. The highest BCUT2D eigenvalue weighted by Crippen LogP contribution is 2.40. The molecule has 3 aromatic rings. The second kappa shape index (κ2) is 8.78. The fraction of sp³-hybridized carbons (Fsp3) is 0.348. The lowest BCUT2D eigenvalue weighted by Crippen LogP contribution is -2.23. The molecule has 0 saturated heterocycles. The van der Waals surface area contributed by atoms with Crippen LogP contribution < -0.4 is 5.56 Å². The predicted octanol–water partition coefficient (Wildman–Crippen LogP) is 5.88. The van der Waals surface area contributed by atoms with Crippen LogP contribution in [0.4, 0.5) is 13.2 Å². The van der Waals surface area contributed by atoms with Gasteiger partial charge in [-0.2, -0.15) is 13.2 Å². The topological polar surface area (TPSA) is 61.5 Å². The number of benzene rings is 1. The monoisotopic (exact) mass is 445 g/mol. The Morgan fingerprint density at radius 2 is 1.68 bits per heavy atom. The minimum absolute atomic E-state index is 0.0132. The number of H-pyrrole nitrogens is 2. The van der Waals surface area contributed by atoms with Gasteiger partial charge in [-0.15, -0.1) is 0 Å². The molecule has 1 aliphatic rings. The Hall–Kier alpha value is -2.74. The fourth-order valence-electron chi connectivity index (χ4n) is 4.43. The van der Waals surface area contributed by atoms with E-state index in [1.807, 2.05) is 18.2 Å². The molecule has 8 heteroatoms. The van der Waals surface area contributed by atoms with Crippen molar-refractivity contribution in [2.24, 2.45) is 0 Å². The smallest absolute Gasteiger partial charge is 0.335 e. The maximum atomic E-state index is 13.1. The molecule has 4 rings (SSSR count). The van der Waals surface area contributed by atoms with Gasteiger partial charge in [-0.05, 0) is 67.4 Å². The Labute approximate surface area is 182 Å². The molecule has 0 aliphatic heterocycles. The van der Waals surface area contributed by atoms with E-state index < -0.39 is 11.7 Å². The summed E-state index contributed by atoms with van der Waals surface area (Å²) in [4.78, 5) is 22.4. The van der Waals surface area contributed by atoms with Crippen LogP contribution in [0.3, 0.4) is 0 Å². The van der Waals surface area contributed by atoms with Gasteiger partial charge in [-0.3, -0.25) is 14.8 Å². The minimum Gasteiger partial charge on any atom is -0.335 e. The third-order valence-electron chi connectivity index (χ3n) is 5.98. The highest BCUT2D eigenvalue weighted by molar-refractivity contribution is 7.71. The van der Waals surface area contributed by atoms with Gasteiger partial charge in [0.2, 0.25) is 0 Å². The number of alkyl halides is 3. The average Bonchev–Trinajstić information content (AvgIpc) is 2.76. The summed E-state index contributed by atoms with van der Waals surface area (Å²) in [6.07, 6.45) is 0.377. The molecule has 2 N–H and O–H groups in total. The Morgan fingerprint density at radius 3 is 2.35 bits per heavy atom. The van der Waals surface area contributed by atoms with Gasteiger partial charge in [0.25, 0.3) is 5.56 Å². The highest BCUT2D eigenvalue weighted by atomic mass is 32.1. The van der Waals surface area contributed by atoms with E-state index in [-0.39, 0.29) is 28.4 Å². The van der Waals surface area contributed by atoms with Gasteiger partial charge in [-0.1, -0.05) is 30.3 Å². The summed E-state index contributed by atoms with van der Waals surface area (Å²) in [7, 11) is 0. The maximum Gasteiger partial charge on any atom is 0.416 e. The first kappa shape index (κ1) is 21.5. The normalized spacial score (nSPS) is 19.3. The number of rotatable bonds is 4. The molecule has 1 fully saturated rings. The summed E-state index contributed by atoms with van der Waals surface area (Å²) in [5.74, 6) is 0.570. The number of nitrogens with one attached hydrogen (secondary N) is 2. The summed E-state index contributed by atoms with van der Waals surface area (Å²) >= 11 is 5.17. The van der Waals surface area contributed by atoms with E-state index in [0.717, 1.165) is 49.7 Å². The van der Waals surface area contributed by atoms with Crippen LogP contribution in [-0.4, -0.2) is 15.0 Å². The Balaban J connectivity index is 1.60. The molecule has 0 atom stereocenters. The molecule has 0 spiro atoms. The van der Waals surface area contributed by atoms with Gasteiger partial charge in [0.1, 0.15) is 0 Å².